The molecule has 11 heteroatoms. The Morgan fingerprint density at radius 1 is 0.971 bits per heavy atom. The summed E-state index contributed by atoms with van der Waals surface area (Å²) in [4.78, 5) is 16.8. The fraction of sp³-hybridized carbons (Fsp3) is 0.0435. The number of benzene rings is 3. The van der Waals surface area contributed by atoms with E-state index in [0.717, 1.165) is 16.6 Å². The van der Waals surface area contributed by atoms with Gasteiger partial charge in [0.1, 0.15) is 16.5 Å². The van der Waals surface area contributed by atoms with Crippen molar-refractivity contribution in [1.29, 1.82) is 0 Å². The fourth-order valence-electron chi connectivity index (χ4n) is 2.92. The van der Waals surface area contributed by atoms with Crippen molar-refractivity contribution in [2.75, 3.05) is 4.72 Å². The van der Waals surface area contributed by atoms with Crippen molar-refractivity contribution in [2.45, 2.75) is 11.5 Å². The number of aromatic nitrogens is 1. The SMILES string of the molecule is O=C(OCc1csc(-c2ccccc2)n1)c1ccc(Cl)c(S(=O)(=O)Nc2cc(Cl)ccc2Cl)c1. The molecule has 6 nitrogen and oxygen atoms in total. The van der Waals surface area contributed by atoms with Crippen LogP contribution in [-0.2, 0) is 21.4 Å². The highest BCUT2D eigenvalue weighted by Gasteiger charge is 2.22. The Balaban J connectivity index is 1.49. The largest absolute Gasteiger partial charge is 0.456 e. The third-order valence-electron chi connectivity index (χ3n) is 4.55. The lowest BCUT2D eigenvalue weighted by atomic mass is 10.2. The summed E-state index contributed by atoms with van der Waals surface area (Å²) < 4.78 is 33.5. The molecule has 3 aromatic carbocycles. The minimum absolute atomic E-state index is 0.0143. The summed E-state index contributed by atoms with van der Waals surface area (Å²) in [5.74, 6) is -0.719. The predicted molar refractivity (Wildman–Crippen MR) is 135 cm³/mol. The van der Waals surface area contributed by atoms with Gasteiger partial charge in [-0.05, 0) is 36.4 Å². The highest BCUT2D eigenvalue weighted by molar-refractivity contribution is 7.92. The standard InChI is InChI=1S/C23H15Cl3N2O4S2/c24-16-7-9-18(25)20(11-16)28-34(30,31)21-10-15(6-8-19(21)26)23(29)32-12-17-13-33-22(27-17)14-4-2-1-3-5-14/h1-11,13,28H,12H2. The van der Waals surface area contributed by atoms with Crippen LogP contribution in [-0.4, -0.2) is 19.4 Å². The summed E-state index contributed by atoms with van der Waals surface area (Å²) in [6.07, 6.45) is 0. The molecule has 0 saturated heterocycles. The molecule has 174 valence electrons. The molecule has 0 saturated carbocycles. The van der Waals surface area contributed by atoms with Gasteiger partial charge >= 0.3 is 5.97 Å². The quantitative estimate of drug-likeness (QED) is 0.251. The number of anilines is 1. The number of hydrogen-bond donors (Lipinski definition) is 1. The van der Waals surface area contributed by atoms with Crippen LogP contribution in [0, 0.1) is 0 Å². The first-order chi connectivity index (χ1) is 16.2. The molecule has 0 radical (unpaired) electrons. The van der Waals surface area contributed by atoms with Crippen molar-refractivity contribution in [3.05, 3.63) is 98.4 Å². The maximum atomic E-state index is 12.9. The lowest BCUT2D eigenvalue weighted by Gasteiger charge is -2.12. The van der Waals surface area contributed by atoms with E-state index in [2.05, 4.69) is 9.71 Å². The molecule has 4 rings (SSSR count). The van der Waals surface area contributed by atoms with E-state index in [-0.39, 0.29) is 32.8 Å². The molecule has 1 aromatic heterocycles. The average molecular weight is 554 g/mol. The van der Waals surface area contributed by atoms with Gasteiger partial charge in [0.25, 0.3) is 10.0 Å². The lowest BCUT2D eigenvalue weighted by molar-refractivity contribution is 0.0468. The van der Waals surface area contributed by atoms with Crippen molar-refractivity contribution >= 4 is 67.8 Å². The molecule has 1 heterocycles. The molecule has 0 aliphatic rings. The average Bonchev–Trinajstić information content (AvgIpc) is 3.29. The highest BCUT2D eigenvalue weighted by Crippen LogP contribution is 2.30. The molecule has 34 heavy (non-hydrogen) atoms. The monoisotopic (exact) mass is 552 g/mol. The summed E-state index contributed by atoms with van der Waals surface area (Å²) in [6, 6.07) is 17.8. The molecule has 0 aliphatic heterocycles. The van der Waals surface area contributed by atoms with Gasteiger partial charge in [-0.25, -0.2) is 18.2 Å². The number of nitrogens with one attached hydrogen (secondary N) is 1. The zero-order valence-corrected chi connectivity index (χ0v) is 21.1. The highest BCUT2D eigenvalue weighted by atomic mass is 35.5. The van der Waals surface area contributed by atoms with Gasteiger partial charge in [0, 0.05) is 16.0 Å². The van der Waals surface area contributed by atoms with Crippen LogP contribution in [0.4, 0.5) is 5.69 Å². The second-order valence-electron chi connectivity index (χ2n) is 6.96. The number of hydrogen-bond acceptors (Lipinski definition) is 6. The van der Waals surface area contributed by atoms with Crippen molar-refractivity contribution in [1.82, 2.24) is 4.98 Å². The van der Waals surface area contributed by atoms with Crippen LogP contribution < -0.4 is 4.72 Å². The lowest BCUT2D eigenvalue weighted by Crippen LogP contribution is -2.15. The maximum absolute atomic E-state index is 12.9. The number of carbonyl (C=O) groups excluding carboxylic acids is 1. The summed E-state index contributed by atoms with van der Waals surface area (Å²) in [6.45, 7) is -0.0662. The van der Waals surface area contributed by atoms with E-state index in [1.807, 2.05) is 30.3 Å². The second-order valence-corrected chi connectivity index (χ2v) is 10.7. The predicted octanol–water partition coefficient (Wildman–Crippen LogP) is 6.93. The number of carbonyl (C=O) groups is 1. The van der Waals surface area contributed by atoms with E-state index >= 15 is 0 Å². The van der Waals surface area contributed by atoms with Crippen molar-refractivity contribution in [3.63, 3.8) is 0 Å². The number of esters is 1. The summed E-state index contributed by atoms with van der Waals surface area (Å²) in [5.41, 5.74) is 1.64. The van der Waals surface area contributed by atoms with Gasteiger partial charge in [-0.2, -0.15) is 0 Å². The summed E-state index contributed by atoms with van der Waals surface area (Å²) in [7, 11) is -4.18. The van der Waals surface area contributed by atoms with Gasteiger partial charge in [0.2, 0.25) is 0 Å². The molecule has 0 unspecified atom stereocenters. The van der Waals surface area contributed by atoms with E-state index in [4.69, 9.17) is 39.5 Å². The Morgan fingerprint density at radius 3 is 2.47 bits per heavy atom. The Labute approximate surface area is 215 Å². The van der Waals surface area contributed by atoms with Crippen LogP contribution >= 0.6 is 46.1 Å². The Kier molecular flexibility index (Phi) is 7.45. The van der Waals surface area contributed by atoms with Gasteiger partial charge in [0.15, 0.2) is 0 Å². The number of halogens is 3. The van der Waals surface area contributed by atoms with E-state index < -0.39 is 16.0 Å². The number of ether oxygens (including phenoxy) is 1. The fourth-order valence-corrected chi connectivity index (χ4v) is 5.72. The molecule has 0 aliphatic carbocycles. The van der Waals surface area contributed by atoms with E-state index in [9.17, 15) is 13.2 Å². The summed E-state index contributed by atoms with van der Waals surface area (Å²) in [5, 5.41) is 2.97. The van der Waals surface area contributed by atoms with Crippen LogP contribution in [0.25, 0.3) is 10.6 Å². The molecule has 4 aromatic rings. The number of nitrogens with zero attached hydrogens (tertiary/aromatic N) is 1. The minimum Gasteiger partial charge on any atom is -0.456 e. The zero-order valence-electron chi connectivity index (χ0n) is 17.2. The molecule has 0 amide bonds. The third-order valence-corrected chi connectivity index (χ3v) is 7.90. The van der Waals surface area contributed by atoms with Gasteiger partial charge in [-0.15, -0.1) is 11.3 Å². The number of rotatable bonds is 7. The van der Waals surface area contributed by atoms with Crippen LogP contribution in [0.1, 0.15) is 16.1 Å². The summed E-state index contributed by atoms with van der Waals surface area (Å²) >= 11 is 19.5. The Bertz CT molecular complexity index is 1460. The Morgan fingerprint density at radius 2 is 1.71 bits per heavy atom. The molecule has 0 atom stereocenters. The van der Waals surface area contributed by atoms with Crippen LogP contribution in [0.3, 0.4) is 0 Å². The number of thiazole rings is 1. The molecule has 0 spiro atoms. The topological polar surface area (TPSA) is 85.4 Å². The van der Waals surface area contributed by atoms with E-state index in [1.165, 1.54) is 41.7 Å². The van der Waals surface area contributed by atoms with Gasteiger partial charge in [-0.3, -0.25) is 4.72 Å². The smallest absolute Gasteiger partial charge is 0.338 e. The first-order valence-corrected chi connectivity index (χ1v) is 13.2. The van der Waals surface area contributed by atoms with E-state index in [1.54, 1.807) is 5.38 Å². The first-order valence-electron chi connectivity index (χ1n) is 9.67. The molecule has 0 fully saturated rings. The second kappa shape index (κ2) is 10.3. The third kappa shape index (κ3) is 5.71. The first kappa shape index (κ1) is 24.5. The van der Waals surface area contributed by atoms with Gasteiger partial charge in [0.05, 0.1) is 27.0 Å². The maximum Gasteiger partial charge on any atom is 0.338 e. The minimum atomic E-state index is -4.18. The molecular weight excluding hydrogens is 539 g/mol. The normalized spacial score (nSPS) is 11.3. The van der Waals surface area contributed by atoms with Crippen molar-refractivity contribution in [3.8, 4) is 10.6 Å². The van der Waals surface area contributed by atoms with Crippen molar-refractivity contribution in [2.24, 2.45) is 0 Å². The van der Waals surface area contributed by atoms with Crippen LogP contribution in [0.15, 0.2) is 77.0 Å². The van der Waals surface area contributed by atoms with Crippen LogP contribution in [0.2, 0.25) is 15.1 Å². The van der Waals surface area contributed by atoms with E-state index in [0.29, 0.717) is 10.7 Å². The van der Waals surface area contributed by atoms with Gasteiger partial charge < -0.3 is 4.74 Å². The number of sulfonamides is 1. The molecular formula is C23H15Cl3N2O4S2. The van der Waals surface area contributed by atoms with Crippen molar-refractivity contribution < 1.29 is 17.9 Å². The van der Waals surface area contributed by atoms with Crippen LogP contribution in [0.5, 0.6) is 0 Å². The molecule has 0 bridgehead atoms. The molecule has 1 N–H and O–H groups in total. The van der Waals surface area contributed by atoms with Gasteiger partial charge in [-0.1, -0.05) is 65.1 Å². The zero-order chi connectivity index (χ0) is 24.3. The Hall–Kier alpha value is -2.62.